The summed E-state index contributed by atoms with van der Waals surface area (Å²) in [6, 6.07) is 11.6. The fourth-order valence-corrected chi connectivity index (χ4v) is 4.98. The van der Waals surface area contributed by atoms with Gasteiger partial charge in [0.05, 0.1) is 12.7 Å². The molecule has 7 nitrogen and oxygen atoms in total. The Balaban J connectivity index is 1.49. The van der Waals surface area contributed by atoms with Crippen LogP contribution in [0.5, 0.6) is 5.75 Å². The number of benzene rings is 1. The summed E-state index contributed by atoms with van der Waals surface area (Å²) in [7, 11) is 3.54. The summed E-state index contributed by atoms with van der Waals surface area (Å²) in [5, 5.41) is 0. The zero-order valence-electron chi connectivity index (χ0n) is 19.5. The van der Waals surface area contributed by atoms with Gasteiger partial charge < -0.3 is 19.3 Å². The Morgan fingerprint density at radius 2 is 2.03 bits per heavy atom. The number of methoxy groups -OCH3 is 1. The maximum absolute atomic E-state index is 13.3. The normalized spacial score (nSPS) is 19.8. The topological polar surface area (TPSA) is 72.0 Å². The summed E-state index contributed by atoms with van der Waals surface area (Å²) in [5.41, 5.74) is 1.71. The van der Waals surface area contributed by atoms with Crippen molar-refractivity contribution in [3.05, 3.63) is 59.9 Å². The first-order valence-corrected chi connectivity index (χ1v) is 11.8. The highest BCUT2D eigenvalue weighted by Gasteiger charge is 2.35. The van der Waals surface area contributed by atoms with Gasteiger partial charge in [0.2, 0.25) is 0 Å². The molecule has 0 aliphatic carbocycles. The first-order chi connectivity index (χ1) is 16.1. The van der Waals surface area contributed by atoms with Crippen LogP contribution in [0.4, 0.5) is 0 Å². The number of hydrogen-bond donors (Lipinski definition) is 0. The molecule has 2 fully saturated rings. The smallest absolute Gasteiger partial charge is 0.255 e. The van der Waals surface area contributed by atoms with Gasteiger partial charge >= 0.3 is 0 Å². The van der Waals surface area contributed by atoms with Gasteiger partial charge in [-0.15, -0.1) is 0 Å². The summed E-state index contributed by atoms with van der Waals surface area (Å²) in [6.07, 6.45) is 7.23. The molecule has 2 aliphatic heterocycles. The van der Waals surface area contributed by atoms with Crippen LogP contribution >= 0.6 is 0 Å². The fourth-order valence-electron chi connectivity index (χ4n) is 4.98. The average Bonchev–Trinajstić information content (AvgIpc) is 3.42. The molecule has 0 radical (unpaired) electrons. The van der Waals surface area contributed by atoms with Crippen LogP contribution in [-0.2, 0) is 16.0 Å². The summed E-state index contributed by atoms with van der Waals surface area (Å²) >= 11 is 0. The number of ether oxygens (including phenoxy) is 2. The van der Waals surface area contributed by atoms with E-state index in [1.807, 2.05) is 35.0 Å². The summed E-state index contributed by atoms with van der Waals surface area (Å²) in [5.74, 6) is 1.18. The predicted octanol–water partition coefficient (Wildman–Crippen LogP) is 3.19. The van der Waals surface area contributed by atoms with E-state index in [2.05, 4.69) is 11.1 Å². The Bertz CT molecular complexity index is 938. The van der Waals surface area contributed by atoms with E-state index in [4.69, 9.17) is 9.47 Å². The average molecular weight is 452 g/mol. The van der Waals surface area contributed by atoms with E-state index < -0.39 is 0 Å². The molecule has 2 aromatic rings. The Kier molecular flexibility index (Phi) is 7.60. The molecule has 2 saturated heterocycles. The third-order valence-corrected chi connectivity index (χ3v) is 6.91. The predicted molar refractivity (Wildman–Crippen MR) is 125 cm³/mol. The Labute approximate surface area is 195 Å². The number of likely N-dealkylation sites (N-methyl/N-ethyl adjacent to an activating group) is 1. The fraction of sp³-hybridized carbons (Fsp3) is 0.500. The second-order valence-electron chi connectivity index (χ2n) is 8.95. The highest BCUT2D eigenvalue weighted by molar-refractivity contribution is 5.94. The lowest BCUT2D eigenvalue weighted by Gasteiger charge is -2.40. The van der Waals surface area contributed by atoms with Crippen LogP contribution < -0.4 is 4.74 Å². The molecule has 0 bridgehead atoms. The molecule has 2 aliphatic rings. The van der Waals surface area contributed by atoms with Crippen molar-refractivity contribution in [3.63, 3.8) is 0 Å². The van der Waals surface area contributed by atoms with Crippen molar-refractivity contribution in [3.8, 4) is 5.75 Å². The molecule has 1 aromatic carbocycles. The lowest BCUT2D eigenvalue weighted by atomic mass is 9.84. The van der Waals surface area contributed by atoms with E-state index in [0.29, 0.717) is 25.3 Å². The van der Waals surface area contributed by atoms with Crippen molar-refractivity contribution in [2.75, 3.05) is 33.9 Å². The number of piperidine rings is 1. The number of pyridine rings is 1. The Hall–Kier alpha value is -2.93. The van der Waals surface area contributed by atoms with Crippen LogP contribution in [0, 0.1) is 5.92 Å². The van der Waals surface area contributed by atoms with E-state index >= 15 is 0 Å². The number of amides is 2. The van der Waals surface area contributed by atoms with Crippen LogP contribution in [0.25, 0.3) is 0 Å². The summed E-state index contributed by atoms with van der Waals surface area (Å²) < 4.78 is 11.0. The third kappa shape index (κ3) is 5.53. The first-order valence-electron chi connectivity index (χ1n) is 11.8. The molecular weight excluding hydrogens is 418 g/mol. The van der Waals surface area contributed by atoms with Gasteiger partial charge in [-0.05, 0) is 67.9 Å². The second-order valence-corrected chi connectivity index (χ2v) is 8.95. The van der Waals surface area contributed by atoms with Crippen molar-refractivity contribution in [2.24, 2.45) is 5.92 Å². The van der Waals surface area contributed by atoms with Crippen LogP contribution in [0.3, 0.4) is 0 Å². The van der Waals surface area contributed by atoms with E-state index in [9.17, 15) is 9.59 Å². The number of carbonyl (C=O) groups is 2. The number of aromatic nitrogens is 1. The van der Waals surface area contributed by atoms with Gasteiger partial charge in [-0.25, -0.2) is 0 Å². The van der Waals surface area contributed by atoms with E-state index in [1.54, 1.807) is 31.6 Å². The van der Waals surface area contributed by atoms with Crippen LogP contribution in [0.2, 0.25) is 0 Å². The number of likely N-dealkylation sites (tertiary alicyclic amines) is 1. The molecule has 2 amide bonds. The second kappa shape index (κ2) is 10.8. The lowest BCUT2D eigenvalue weighted by Crippen LogP contribution is -2.50. The number of rotatable bonds is 7. The van der Waals surface area contributed by atoms with Crippen molar-refractivity contribution in [1.82, 2.24) is 14.8 Å². The molecule has 33 heavy (non-hydrogen) atoms. The SMILES string of the molecule is COc1cccc(C[C@H](C2CCN(C(=O)[C@@H]3CCCO3)CC2)N(C)C(=O)c2cccnc2)c1. The molecule has 4 rings (SSSR count). The lowest BCUT2D eigenvalue weighted by molar-refractivity contribution is -0.142. The maximum Gasteiger partial charge on any atom is 0.255 e. The van der Waals surface area contributed by atoms with Gasteiger partial charge in [-0.1, -0.05) is 12.1 Å². The molecule has 0 saturated carbocycles. The molecule has 0 N–H and O–H groups in total. The van der Waals surface area contributed by atoms with Crippen molar-refractivity contribution in [2.45, 2.75) is 44.2 Å². The minimum absolute atomic E-state index is 0.00444. The molecule has 3 heterocycles. The highest BCUT2D eigenvalue weighted by atomic mass is 16.5. The molecule has 176 valence electrons. The van der Waals surface area contributed by atoms with Gasteiger partial charge in [0.25, 0.3) is 11.8 Å². The minimum Gasteiger partial charge on any atom is -0.497 e. The van der Waals surface area contributed by atoms with Crippen molar-refractivity contribution < 1.29 is 19.1 Å². The summed E-state index contributed by atoms with van der Waals surface area (Å²) in [6.45, 7) is 2.08. The highest BCUT2D eigenvalue weighted by Crippen LogP contribution is 2.29. The van der Waals surface area contributed by atoms with Crippen LogP contribution in [-0.4, -0.2) is 72.6 Å². The monoisotopic (exact) mass is 451 g/mol. The quantitative estimate of drug-likeness (QED) is 0.647. The van der Waals surface area contributed by atoms with Gasteiger partial charge in [0.1, 0.15) is 11.9 Å². The van der Waals surface area contributed by atoms with Gasteiger partial charge in [-0.3, -0.25) is 14.6 Å². The molecule has 0 unspecified atom stereocenters. The molecule has 2 atom stereocenters. The van der Waals surface area contributed by atoms with Crippen LogP contribution in [0.15, 0.2) is 48.8 Å². The largest absolute Gasteiger partial charge is 0.497 e. The van der Waals surface area contributed by atoms with Gasteiger partial charge in [0, 0.05) is 45.2 Å². The maximum atomic E-state index is 13.3. The Morgan fingerprint density at radius 1 is 1.21 bits per heavy atom. The number of carbonyl (C=O) groups excluding carboxylic acids is 2. The number of nitrogens with zero attached hydrogens (tertiary/aromatic N) is 3. The van der Waals surface area contributed by atoms with E-state index in [1.165, 1.54) is 0 Å². The van der Waals surface area contributed by atoms with E-state index in [-0.39, 0.29) is 29.9 Å². The molecule has 1 aromatic heterocycles. The van der Waals surface area contributed by atoms with Crippen LogP contribution in [0.1, 0.15) is 41.6 Å². The molecular formula is C26H33N3O4. The number of hydrogen-bond acceptors (Lipinski definition) is 5. The van der Waals surface area contributed by atoms with Gasteiger partial charge in [-0.2, -0.15) is 0 Å². The minimum atomic E-state index is -0.274. The standard InChI is InChI=1S/C26H33N3O4/c1-28(25(30)21-7-4-12-27-18-21)23(17-19-6-3-8-22(16-19)32-2)20-10-13-29(14-11-20)26(31)24-9-5-15-33-24/h3-4,6-8,12,16,18,20,23-24H,5,9-11,13-15,17H2,1-2H3/t23-,24+/m1/s1. The summed E-state index contributed by atoms with van der Waals surface area (Å²) in [4.78, 5) is 34.0. The molecule has 7 heteroatoms. The zero-order chi connectivity index (χ0) is 23.2. The molecule has 0 spiro atoms. The first kappa shape index (κ1) is 23.2. The van der Waals surface area contributed by atoms with E-state index in [0.717, 1.165) is 43.4 Å². The van der Waals surface area contributed by atoms with Crippen molar-refractivity contribution >= 4 is 11.8 Å². The zero-order valence-corrected chi connectivity index (χ0v) is 19.5. The third-order valence-electron chi connectivity index (χ3n) is 6.91. The van der Waals surface area contributed by atoms with Crippen molar-refractivity contribution in [1.29, 1.82) is 0 Å². The Morgan fingerprint density at radius 3 is 2.70 bits per heavy atom. The van der Waals surface area contributed by atoms with Gasteiger partial charge in [0.15, 0.2) is 0 Å².